The summed E-state index contributed by atoms with van der Waals surface area (Å²) < 4.78 is 5.30. The van der Waals surface area contributed by atoms with Crippen molar-refractivity contribution in [2.75, 3.05) is 24.4 Å². The Morgan fingerprint density at radius 2 is 2.11 bits per heavy atom. The number of aromatic nitrogens is 2. The fourth-order valence-electron chi connectivity index (χ4n) is 2.64. The molecule has 0 saturated heterocycles. The molecule has 2 saturated carbocycles. The molecule has 2 aliphatic carbocycles. The Labute approximate surface area is 106 Å². The van der Waals surface area contributed by atoms with Crippen molar-refractivity contribution in [2.45, 2.75) is 25.7 Å². The summed E-state index contributed by atoms with van der Waals surface area (Å²) in [5.74, 6) is 8.12. The zero-order chi connectivity index (χ0) is 12.6. The Kier molecular flexibility index (Phi) is 2.74. The summed E-state index contributed by atoms with van der Waals surface area (Å²) in [5, 5.41) is 3.39. The highest BCUT2D eigenvalue weighted by atomic mass is 16.5. The quantitative estimate of drug-likeness (QED) is 0.521. The number of methoxy groups -OCH3 is 1. The maximum Gasteiger partial charge on any atom is 0.205 e. The third-order valence-electron chi connectivity index (χ3n) is 4.09. The molecule has 0 aromatic carbocycles. The highest BCUT2D eigenvalue weighted by Crippen LogP contribution is 2.61. The normalized spacial score (nSPS) is 20.3. The fraction of sp³-hybridized carbons (Fsp3) is 0.667. The predicted octanol–water partition coefficient (Wildman–Crippen LogP) is 1.37. The topological polar surface area (TPSA) is 85.1 Å². The molecule has 2 fully saturated rings. The average Bonchev–Trinajstić information content (AvgIpc) is 3.28. The summed E-state index contributed by atoms with van der Waals surface area (Å²) in [7, 11) is 1.60. The first-order valence-corrected chi connectivity index (χ1v) is 6.38. The van der Waals surface area contributed by atoms with E-state index in [0.29, 0.717) is 22.8 Å². The van der Waals surface area contributed by atoms with E-state index >= 15 is 0 Å². The molecule has 0 radical (unpaired) electrons. The fourth-order valence-corrected chi connectivity index (χ4v) is 2.64. The summed E-state index contributed by atoms with van der Waals surface area (Å²) in [5.41, 5.74) is 3.04. The minimum Gasteiger partial charge on any atom is -0.490 e. The highest BCUT2D eigenvalue weighted by molar-refractivity contribution is 5.63. The second-order valence-electron chi connectivity index (χ2n) is 5.24. The molecule has 0 atom stereocenters. The van der Waals surface area contributed by atoms with Crippen molar-refractivity contribution in [3.63, 3.8) is 0 Å². The lowest BCUT2D eigenvalue weighted by molar-refractivity contribution is 0.412. The van der Waals surface area contributed by atoms with Gasteiger partial charge < -0.3 is 15.5 Å². The molecule has 6 nitrogen and oxygen atoms in total. The summed E-state index contributed by atoms with van der Waals surface area (Å²) in [6.07, 6.45) is 6.92. The van der Waals surface area contributed by atoms with E-state index in [1.165, 1.54) is 32.0 Å². The van der Waals surface area contributed by atoms with Crippen LogP contribution < -0.4 is 21.3 Å². The Hall–Kier alpha value is -1.56. The zero-order valence-electron chi connectivity index (χ0n) is 10.6. The van der Waals surface area contributed by atoms with Crippen LogP contribution in [-0.2, 0) is 0 Å². The number of hydrogen-bond donors (Lipinski definition) is 3. The molecule has 1 heterocycles. The molecule has 1 aromatic rings. The number of nitrogens with two attached hydrogens (primary N) is 1. The standard InChI is InChI=1S/C12H19N5O/c1-18-9-10(15-7-16-11(9)17-13)14-6-12(4-5-12)8-2-3-8/h7-8H,2-6,13H2,1H3,(H2,14,15,16,17). The first-order chi connectivity index (χ1) is 8.79. The molecule has 3 rings (SSSR count). The van der Waals surface area contributed by atoms with Crippen LogP contribution in [0.15, 0.2) is 6.33 Å². The van der Waals surface area contributed by atoms with Crippen LogP contribution in [-0.4, -0.2) is 23.6 Å². The maximum absolute atomic E-state index is 5.40. The lowest BCUT2D eigenvalue weighted by Crippen LogP contribution is -2.19. The number of nitrogens with one attached hydrogen (secondary N) is 2. The van der Waals surface area contributed by atoms with E-state index in [4.69, 9.17) is 10.6 Å². The van der Waals surface area contributed by atoms with E-state index in [-0.39, 0.29) is 0 Å². The van der Waals surface area contributed by atoms with E-state index < -0.39 is 0 Å². The van der Waals surface area contributed by atoms with Gasteiger partial charge in [-0.3, -0.25) is 0 Å². The second kappa shape index (κ2) is 4.28. The third-order valence-corrected chi connectivity index (χ3v) is 4.09. The van der Waals surface area contributed by atoms with E-state index in [2.05, 4.69) is 20.7 Å². The van der Waals surface area contributed by atoms with Gasteiger partial charge in [-0.15, -0.1) is 0 Å². The van der Waals surface area contributed by atoms with Crippen LogP contribution in [0.1, 0.15) is 25.7 Å². The van der Waals surface area contributed by atoms with Gasteiger partial charge in [0.2, 0.25) is 5.75 Å². The van der Waals surface area contributed by atoms with E-state index in [1.807, 2.05) is 0 Å². The first-order valence-electron chi connectivity index (χ1n) is 6.38. The molecule has 6 heteroatoms. The van der Waals surface area contributed by atoms with Gasteiger partial charge in [0.15, 0.2) is 11.6 Å². The van der Waals surface area contributed by atoms with Crippen molar-refractivity contribution < 1.29 is 4.74 Å². The third kappa shape index (κ3) is 1.96. The maximum atomic E-state index is 5.40. The molecule has 0 bridgehead atoms. The van der Waals surface area contributed by atoms with Crippen LogP contribution in [0.2, 0.25) is 0 Å². The molecule has 0 unspecified atom stereocenters. The number of ether oxygens (including phenoxy) is 1. The van der Waals surface area contributed by atoms with Crippen LogP contribution in [0.25, 0.3) is 0 Å². The molecule has 4 N–H and O–H groups in total. The van der Waals surface area contributed by atoms with Crippen molar-refractivity contribution in [1.82, 2.24) is 9.97 Å². The van der Waals surface area contributed by atoms with E-state index in [9.17, 15) is 0 Å². The largest absolute Gasteiger partial charge is 0.490 e. The van der Waals surface area contributed by atoms with Crippen molar-refractivity contribution in [2.24, 2.45) is 17.2 Å². The van der Waals surface area contributed by atoms with Gasteiger partial charge >= 0.3 is 0 Å². The Morgan fingerprint density at radius 1 is 1.39 bits per heavy atom. The smallest absolute Gasteiger partial charge is 0.205 e. The van der Waals surface area contributed by atoms with Crippen molar-refractivity contribution >= 4 is 11.6 Å². The predicted molar refractivity (Wildman–Crippen MR) is 69.3 cm³/mol. The van der Waals surface area contributed by atoms with Gasteiger partial charge in [-0.25, -0.2) is 15.8 Å². The number of anilines is 2. The molecule has 1 aromatic heterocycles. The lowest BCUT2D eigenvalue weighted by atomic mass is 10.0. The van der Waals surface area contributed by atoms with Crippen molar-refractivity contribution in [3.8, 4) is 5.75 Å². The van der Waals surface area contributed by atoms with Gasteiger partial charge in [0, 0.05) is 6.54 Å². The molecular weight excluding hydrogens is 230 g/mol. The summed E-state index contributed by atoms with van der Waals surface area (Å²) in [6.45, 7) is 0.967. The van der Waals surface area contributed by atoms with E-state index in [0.717, 1.165) is 12.5 Å². The minimum absolute atomic E-state index is 0.506. The van der Waals surface area contributed by atoms with Crippen molar-refractivity contribution in [1.29, 1.82) is 0 Å². The second-order valence-corrected chi connectivity index (χ2v) is 5.24. The average molecular weight is 249 g/mol. The molecular formula is C12H19N5O. The molecule has 98 valence electrons. The molecule has 2 aliphatic rings. The number of hydrogen-bond acceptors (Lipinski definition) is 6. The van der Waals surface area contributed by atoms with Crippen molar-refractivity contribution in [3.05, 3.63) is 6.33 Å². The Morgan fingerprint density at radius 3 is 2.67 bits per heavy atom. The Balaban J connectivity index is 1.72. The number of hydrazine groups is 1. The molecule has 0 aliphatic heterocycles. The van der Waals surface area contributed by atoms with Gasteiger partial charge in [0.05, 0.1) is 7.11 Å². The first kappa shape index (κ1) is 11.5. The van der Waals surface area contributed by atoms with Crippen LogP contribution in [0, 0.1) is 11.3 Å². The minimum atomic E-state index is 0.506. The van der Waals surface area contributed by atoms with Gasteiger partial charge in [-0.05, 0) is 37.0 Å². The summed E-state index contributed by atoms with van der Waals surface area (Å²) in [4.78, 5) is 8.25. The van der Waals surface area contributed by atoms with Crippen LogP contribution in [0.3, 0.4) is 0 Å². The molecule has 0 spiro atoms. The summed E-state index contributed by atoms with van der Waals surface area (Å²) >= 11 is 0. The van der Waals surface area contributed by atoms with Gasteiger partial charge in [-0.2, -0.15) is 0 Å². The highest BCUT2D eigenvalue weighted by Gasteiger charge is 2.53. The van der Waals surface area contributed by atoms with Gasteiger partial charge in [0.25, 0.3) is 0 Å². The van der Waals surface area contributed by atoms with Crippen LogP contribution in [0.4, 0.5) is 11.6 Å². The molecule has 18 heavy (non-hydrogen) atoms. The number of nitrogens with zero attached hydrogens (tertiary/aromatic N) is 2. The number of nitrogen functional groups attached to an aromatic ring is 1. The van der Waals surface area contributed by atoms with Crippen LogP contribution >= 0.6 is 0 Å². The number of rotatable bonds is 6. The lowest BCUT2D eigenvalue weighted by Gasteiger charge is -2.17. The molecule has 0 amide bonds. The zero-order valence-corrected chi connectivity index (χ0v) is 10.6. The van der Waals surface area contributed by atoms with Gasteiger partial charge in [-0.1, -0.05) is 0 Å². The monoisotopic (exact) mass is 249 g/mol. The SMILES string of the molecule is COc1c(NN)ncnc1NCC1(C2CC2)CC1. The van der Waals surface area contributed by atoms with Crippen LogP contribution in [0.5, 0.6) is 5.75 Å². The summed E-state index contributed by atoms with van der Waals surface area (Å²) in [6, 6.07) is 0. The Bertz CT molecular complexity index is 442. The van der Waals surface area contributed by atoms with E-state index in [1.54, 1.807) is 7.11 Å². The van der Waals surface area contributed by atoms with Gasteiger partial charge in [0.1, 0.15) is 6.33 Å².